The fraction of sp³-hybridized carbons (Fsp3) is 0.600. The van der Waals surface area contributed by atoms with Gasteiger partial charge in [-0.25, -0.2) is 0 Å². The van der Waals surface area contributed by atoms with Crippen LogP contribution < -0.4 is 10.1 Å². The number of benzene rings is 1. The van der Waals surface area contributed by atoms with Gasteiger partial charge in [0.05, 0.1) is 7.11 Å². The summed E-state index contributed by atoms with van der Waals surface area (Å²) >= 11 is 0. The molecule has 2 rings (SSSR count). The van der Waals surface area contributed by atoms with Gasteiger partial charge in [-0.2, -0.15) is 0 Å². The first-order valence-corrected chi connectivity index (χ1v) is 6.75. The fourth-order valence-electron chi connectivity index (χ4n) is 3.00. The van der Waals surface area contributed by atoms with Crippen LogP contribution in [0.3, 0.4) is 0 Å². The summed E-state index contributed by atoms with van der Waals surface area (Å²) in [7, 11) is 6.00. The van der Waals surface area contributed by atoms with E-state index in [1.54, 1.807) is 7.11 Å². The molecule has 3 nitrogen and oxygen atoms in total. The lowest BCUT2D eigenvalue weighted by Gasteiger charge is -2.29. The van der Waals surface area contributed by atoms with Crippen molar-refractivity contribution >= 4 is 0 Å². The molecule has 100 valence electrons. The van der Waals surface area contributed by atoms with E-state index in [4.69, 9.17) is 4.74 Å². The molecule has 18 heavy (non-hydrogen) atoms. The van der Waals surface area contributed by atoms with Gasteiger partial charge in [0.1, 0.15) is 5.75 Å². The number of hydrogen-bond donors (Lipinski definition) is 1. The number of nitrogens with zero attached hydrogens (tertiary/aromatic N) is 1. The standard InChI is InChI=1S/C15H24N2O/c1-5-8-17(3)14-9-11-6-7-12(18-4)10-13(11)15(14)16-2/h6-7,10,14-16H,5,8-9H2,1-4H3. The molecule has 0 amide bonds. The molecule has 1 N–H and O–H groups in total. The van der Waals surface area contributed by atoms with E-state index in [9.17, 15) is 0 Å². The zero-order valence-corrected chi connectivity index (χ0v) is 11.9. The minimum atomic E-state index is 0.409. The Bertz CT molecular complexity index is 405. The largest absolute Gasteiger partial charge is 0.497 e. The summed E-state index contributed by atoms with van der Waals surface area (Å²) in [6.45, 7) is 3.38. The highest BCUT2D eigenvalue weighted by molar-refractivity contribution is 5.42. The quantitative estimate of drug-likeness (QED) is 0.865. The molecule has 0 aliphatic heterocycles. The molecule has 0 fully saturated rings. The number of fused-ring (bicyclic) bond motifs is 1. The van der Waals surface area contributed by atoms with Crippen LogP contribution >= 0.6 is 0 Å². The molecule has 0 bridgehead atoms. The Morgan fingerprint density at radius 1 is 1.44 bits per heavy atom. The highest BCUT2D eigenvalue weighted by atomic mass is 16.5. The molecule has 0 spiro atoms. The molecule has 0 aromatic heterocycles. The van der Waals surface area contributed by atoms with Gasteiger partial charge in [-0.15, -0.1) is 0 Å². The van der Waals surface area contributed by atoms with Gasteiger partial charge >= 0.3 is 0 Å². The molecule has 1 aliphatic rings. The third-order valence-corrected chi connectivity index (χ3v) is 3.96. The second-order valence-corrected chi connectivity index (χ2v) is 5.08. The molecule has 1 aromatic carbocycles. The van der Waals surface area contributed by atoms with Gasteiger partial charge in [0, 0.05) is 12.1 Å². The molecule has 2 unspecified atom stereocenters. The van der Waals surface area contributed by atoms with Crippen LogP contribution in [0.2, 0.25) is 0 Å². The lowest BCUT2D eigenvalue weighted by atomic mass is 10.1. The molecule has 1 aliphatic carbocycles. The monoisotopic (exact) mass is 248 g/mol. The van der Waals surface area contributed by atoms with Gasteiger partial charge in [0.2, 0.25) is 0 Å². The Balaban J connectivity index is 2.25. The summed E-state index contributed by atoms with van der Waals surface area (Å²) in [4.78, 5) is 2.47. The Morgan fingerprint density at radius 3 is 2.83 bits per heavy atom. The zero-order chi connectivity index (χ0) is 13.1. The first-order valence-electron chi connectivity index (χ1n) is 6.75. The summed E-state index contributed by atoms with van der Waals surface area (Å²) in [6.07, 6.45) is 2.32. The summed E-state index contributed by atoms with van der Waals surface area (Å²) in [5.41, 5.74) is 2.84. The van der Waals surface area contributed by atoms with Crippen molar-refractivity contribution < 1.29 is 4.74 Å². The first kappa shape index (κ1) is 13.4. The smallest absolute Gasteiger partial charge is 0.119 e. The highest BCUT2D eigenvalue weighted by Crippen LogP contribution is 2.36. The zero-order valence-electron chi connectivity index (χ0n) is 11.9. The minimum Gasteiger partial charge on any atom is -0.497 e. The van der Waals surface area contributed by atoms with Crippen LogP contribution in [0.1, 0.15) is 30.5 Å². The van der Waals surface area contributed by atoms with Crippen LogP contribution in [-0.2, 0) is 6.42 Å². The topological polar surface area (TPSA) is 24.5 Å². The van der Waals surface area contributed by atoms with Crippen LogP contribution in [0.25, 0.3) is 0 Å². The number of nitrogens with one attached hydrogen (secondary N) is 1. The minimum absolute atomic E-state index is 0.409. The Hall–Kier alpha value is -1.06. The van der Waals surface area contributed by atoms with Crippen molar-refractivity contribution in [2.24, 2.45) is 0 Å². The van der Waals surface area contributed by atoms with Crippen LogP contribution in [0.15, 0.2) is 18.2 Å². The summed E-state index contributed by atoms with van der Waals surface area (Å²) in [5, 5.41) is 3.46. The maximum absolute atomic E-state index is 5.33. The van der Waals surface area contributed by atoms with E-state index in [1.807, 2.05) is 7.05 Å². The van der Waals surface area contributed by atoms with E-state index >= 15 is 0 Å². The van der Waals surface area contributed by atoms with E-state index in [-0.39, 0.29) is 0 Å². The van der Waals surface area contributed by atoms with E-state index in [0.29, 0.717) is 12.1 Å². The normalized spacial score (nSPS) is 22.3. The molecule has 0 saturated heterocycles. The Kier molecular flexibility index (Phi) is 4.25. The van der Waals surface area contributed by atoms with Crippen molar-refractivity contribution in [3.63, 3.8) is 0 Å². The van der Waals surface area contributed by atoms with Crippen molar-refractivity contribution in [1.29, 1.82) is 0 Å². The second kappa shape index (κ2) is 5.72. The van der Waals surface area contributed by atoms with E-state index in [0.717, 1.165) is 18.7 Å². The van der Waals surface area contributed by atoms with E-state index in [2.05, 4.69) is 42.4 Å². The van der Waals surface area contributed by atoms with Crippen LogP contribution in [0, 0.1) is 0 Å². The molecular formula is C15H24N2O. The summed E-state index contributed by atoms with van der Waals surface area (Å²) in [6, 6.07) is 7.41. The van der Waals surface area contributed by atoms with Gasteiger partial charge in [0.15, 0.2) is 0 Å². The SMILES string of the molecule is CCCN(C)C1Cc2ccc(OC)cc2C1NC. The average molecular weight is 248 g/mol. The lowest BCUT2D eigenvalue weighted by molar-refractivity contribution is 0.209. The Labute approximate surface area is 110 Å². The number of ether oxygens (including phenoxy) is 1. The number of hydrogen-bond acceptors (Lipinski definition) is 3. The molecular weight excluding hydrogens is 224 g/mol. The summed E-state index contributed by atoms with van der Waals surface area (Å²) < 4.78 is 5.33. The second-order valence-electron chi connectivity index (χ2n) is 5.08. The number of rotatable bonds is 5. The molecule has 0 heterocycles. The van der Waals surface area contributed by atoms with Crippen molar-refractivity contribution in [2.75, 3.05) is 27.7 Å². The summed E-state index contributed by atoms with van der Waals surface area (Å²) in [5.74, 6) is 0.952. The third-order valence-electron chi connectivity index (χ3n) is 3.96. The van der Waals surface area contributed by atoms with E-state index < -0.39 is 0 Å². The third kappa shape index (κ3) is 2.38. The maximum Gasteiger partial charge on any atom is 0.119 e. The van der Waals surface area contributed by atoms with Crippen molar-refractivity contribution in [2.45, 2.75) is 31.8 Å². The number of likely N-dealkylation sites (N-methyl/N-ethyl adjacent to an activating group) is 2. The molecule has 0 saturated carbocycles. The van der Waals surface area contributed by atoms with Crippen molar-refractivity contribution in [3.8, 4) is 5.75 Å². The molecule has 3 heteroatoms. The van der Waals surface area contributed by atoms with Gasteiger partial charge in [-0.1, -0.05) is 13.0 Å². The van der Waals surface area contributed by atoms with Crippen molar-refractivity contribution in [1.82, 2.24) is 10.2 Å². The Morgan fingerprint density at radius 2 is 2.22 bits per heavy atom. The van der Waals surface area contributed by atoms with Crippen molar-refractivity contribution in [3.05, 3.63) is 29.3 Å². The van der Waals surface area contributed by atoms with E-state index in [1.165, 1.54) is 17.5 Å². The van der Waals surface area contributed by atoms with Gasteiger partial charge in [-0.3, -0.25) is 0 Å². The average Bonchev–Trinajstić information content (AvgIpc) is 2.76. The molecule has 1 aromatic rings. The lowest BCUT2D eigenvalue weighted by Crippen LogP contribution is -2.40. The van der Waals surface area contributed by atoms with Gasteiger partial charge in [-0.05, 0) is 56.7 Å². The van der Waals surface area contributed by atoms with Crippen LogP contribution in [0.5, 0.6) is 5.75 Å². The van der Waals surface area contributed by atoms with Crippen LogP contribution in [-0.4, -0.2) is 38.7 Å². The molecule has 2 atom stereocenters. The van der Waals surface area contributed by atoms with Gasteiger partial charge < -0.3 is 15.0 Å². The predicted octanol–water partition coefficient (Wildman–Crippen LogP) is 2.22. The predicted molar refractivity (Wildman–Crippen MR) is 75.2 cm³/mol. The first-order chi connectivity index (χ1) is 8.71. The fourth-order valence-corrected chi connectivity index (χ4v) is 3.00. The van der Waals surface area contributed by atoms with Crippen LogP contribution in [0.4, 0.5) is 0 Å². The van der Waals surface area contributed by atoms with Gasteiger partial charge in [0.25, 0.3) is 0 Å². The number of methoxy groups -OCH3 is 1. The highest BCUT2D eigenvalue weighted by Gasteiger charge is 2.33. The molecule has 0 radical (unpaired) electrons. The maximum atomic E-state index is 5.33.